The first-order valence-electron chi connectivity index (χ1n) is 6.48. The van der Waals surface area contributed by atoms with E-state index in [1.54, 1.807) is 4.90 Å². The van der Waals surface area contributed by atoms with E-state index < -0.39 is 5.17 Å². The molecule has 0 aliphatic heterocycles. The van der Waals surface area contributed by atoms with Crippen LogP contribution in [0.2, 0.25) is 0 Å². The van der Waals surface area contributed by atoms with Gasteiger partial charge in [-0.15, -0.1) is 0 Å². The van der Waals surface area contributed by atoms with Crippen LogP contribution in [0.1, 0.15) is 34.6 Å². The summed E-state index contributed by atoms with van der Waals surface area (Å²) >= 11 is 8.37. The largest absolute Gasteiger partial charge is 0.487 e. The normalized spacial score (nSPS) is 8.74. The zero-order valence-electron chi connectivity index (χ0n) is 12.7. The van der Waals surface area contributed by atoms with Gasteiger partial charge in [0.25, 0.3) is 10.3 Å². The lowest BCUT2D eigenvalue weighted by Gasteiger charge is -2.15. The van der Waals surface area contributed by atoms with Crippen molar-refractivity contribution < 1.29 is 10.2 Å². The molecule has 4 N–H and O–H groups in total. The van der Waals surface area contributed by atoms with Gasteiger partial charge in [-0.05, 0) is 57.9 Å². The summed E-state index contributed by atoms with van der Waals surface area (Å²) < 4.78 is 0. The molecule has 116 valence electrons. The number of rotatable bonds is 5. The molecule has 0 radical (unpaired) electrons. The highest BCUT2D eigenvalue weighted by molar-refractivity contribution is 7.80. The van der Waals surface area contributed by atoms with Gasteiger partial charge in [-0.3, -0.25) is 0 Å². The fourth-order valence-electron chi connectivity index (χ4n) is 1.16. The Morgan fingerprint density at radius 2 is 1.11 bits per heavy atom. The van der Waals surface area contributed by atoms with Crippen molar-refractivity contribution in [1.29, 1.82) is 0 Å². The lowest BCUT2D eigenvalue weighted by Crippen LogP contribution is -2.28. The summed E-state index contributed by atoms with van der Waals surface area (Å²) in [5.41, 5.74) is 4.40. The van der Waals surface area contributed by atoms with Crippen molar-refractivity contribution in [3.05, 3.63) is 0 Å². The molecule has 0 rings (SSSR count). The molecule has 0 unspecified atom stereocenters. The maximum atomic E-state index is 8.67. The van der Waals surface area contributed by atoms with E-state index >= 15 is 0 Å². The molecule has 0 fully saturated rings. The molecular weight excluding hydrogens is 282 g/mol. The van der Waals surface area contributed by atoms with E-state index in [1.807, 2.05) is 13.8 Å². The molecule has 0 aromatic carbocycles. The molecule has 0 saturated carbocycles. The van der Waals surface area contributed by atoms with Crippen molar-refractivity contribution in [2.24, 2.45) is 5.73 Å². The number of hydrogen-bond acceptors (Lipinski definition) is 3. The number of hydrogen-bond donors (Lipinski definition) is 3. The minimum absolute atomic E-state index is 0.00463. The minimum atomic E-state index is -0.500. The van der Waals surface area contributed by atoms with Crippen molar-refractivity contribution in [2.45, 2.75) is 34.6 Å². The fourth-order valence-corrected chi connectivity index (χ4v) is 1.42. The zero-order valence-corrected chi connectivity index (χ0v) is 14.4. The lowest BCUT2D eigenvalue weighted by atomic mass is 10.5. The minimum Gasteiger partial charge on any atom is -0.487 e. The SMILES string of the molecule is CCN(CC)C(O)=S.CCN(CC)CC.NC(O)=S. The Morgan fingerprint density at radius 3 is 1.11 bits per heavy atom. The summed E-state index contributed by atoms with van der Waals surface area (Å²) in [7, 11) is 0. The van der Waals surface area contributed by atoms with Crippen molar-refractivity contribution in [2.75, 3.05) is 32.7 Å². The third-order valence-corrected chi connectivity index (χ3v) is 2.63. The summed E-state index contributed by atoms with van der Waals surface area (Å²) in [6.45, 7) is 15.6. The zero-order chi connectivity index (χ0) is 15.8. The van der Waals surface area contributed by atoms with Gasteiger partial charge in [-0.2, -0.15) is 0 Å². The predicted octanol–water partition coefficient (Wildman–Crippen LogP) is 2.31. The smallest absolute Gasteiger partial charge is 0.256 e. The van der Waals surface area contributed by atoms with Gasteiger partial charge in [0.05, 0.1) is 0 Å². The average molecular weight is 312 g/mol. The van der Waals surface area contributed by atoms with Crippen LogP contribution >= 0.6 is 24.4 Å². The molecule has 0 aromatic rings. The van der Waals surface area contributed by atoms with Gasteiger partial charge in [0.2, 0.25) is 0 Å². The number of thiocarbonyl (C=S) groups is 2. The van der Waals surface area contributed by atoms with E-state index in [-0.39, 0.29) is 5.17 Å². The molecule has 0 atom stereocenters. The Balaban J connectivity index is -0.000000214. The Labute approximate surface area is 128 Å². The standard InChI is InChI=1S/C6H15N.C5H11NOS.CH3NOS/c1-4-7(5-2)6-3;1-3-6(4-2)5(7)8;2-1(3)4/h4-6H2,1-3H3;3-4H2,1-2H3,(H,7,8);(H3,2,3,4). The monoisotopic (exact) mass is 311 g/mol. The van der Waals surface area contributed by atoms with Gasteiger partial charge < -0.3 is 25.7 Å². The molecular formula is C12H29N3O2S2. The molecule has 7 heteroatoms. The number of nitrogens with two attached hydrogens (primary N) is 1. The van der Waals surface area contributed by atoms with Crippen molar-refractivity contribution in [1.82, 2.24) is 9.80 Å². The maximum absolute atomic E-state index is 8.67. The second-order valence-electron chi connectivity index (χ2n) is 3.41. The maximum Gasteiger partial charge on any atom is 0.256 e. The van der Waals surface area contributed by atoms with Gasteiger partial charge in [0.1, 0.15) is 0 Å². The van der Waals surface area contributed by atoms with Crippen molar-refractivity contribution >= 4 is 34.8 Å². The summed E-state index contributed by atoms with van der Waals surface area (Å²) in [5, 5.41) is 15.7. The summed E-state index contributed by atoms with van der Waals surface area (Å²) in [6.07, 6.45) is 0. The molecule has 0 spiro atoms. The quantitative estimate of drug-likeness (QED) is 0.673. The Kier molecular flexibility index (Phi) is 21.4. The first-order valence-corrected chi connectivity index (χ1v) is 7.30. The first kappa shape index (κ1) is 23.4. The molecule has 0 heterocycles. The molecule has 0 aliphatic rings. The van der Waals surface area contributed by atoms with E-state index in [2.05, 4.69) is 55.8 Å². The molecule has 0 saturated heterocycles. The summed E-state index contributed by atoms with van der Waals surface area (Å²) in [6, 6.07) is 0. The van der Waals surface area contributed by atoms with Crippen LogP contribution in [0.25, 0.3) is 0 Å². The molecule has 0 aromatic heterocycles. The molecule has 0 amide bonds. The fraction of sp³-hybridized carbons (Fsp3) is 0.833. The Morgan fingerprint density at radius 1 is 0.842 bits per heavy atom. The molecule has 5 nitrogen and oxygen atoms in total. The predicted molar refractivity (Wildman–Crippen MR) is 91.0 cm³/mol. The molecule has 19 heavy (non-hydrogen) atoms. The van der Waals surface area contributed by atoms with Gasteiger partial charge in [-0.1, -0.05) is 20.8 Å². The Bertz CT molecular complexity index is 212. The van der Waals surface area contributed by atoms with E-state index in [0.29, 0.717) is 0 Å². The highest BCUT2D eigenvalue weighted by Gasteiger charge is 1.98. The van der Waals surface area contributed by atoms with Crippen LogP contribution in [0.5, 0.6) is 0 Å². The van der Waals surface area contributed by atoms with E-state index in [4.69, 9.17) is 10.2 Å². The van der Waals surface area contributed by atoms with Crippen LogP contribution in [-0.2, 0) is 0 Å². The third kappa shape index (κ3) is 22.9. The van der Waals surface area contributed by atoms with Crippen LogP contribution in [0.15, 0.2) is 0 Å². The van der Waals surface area contributed by atoms with Gasteiger partial charge in [0.15, 0.2) is 0 Å². The summed E-state index contributed by atoms with van der Waals surface area (Å²) in [5.74, 6) is 0. The van der Waals surface area contributed by atoms with Crippen LogP contribution in [0.3, 0.4) is 0 Å². The highest BCUT2D eigenvalue weighted by atomic mass is 32.1. The van der Waals surface area contributed by atoms with Gasteiger partial charge in [-0.25, -0.2) is 0 Å². The number of aliphatic hydroxyl groups excluding tert-OH is 2. The highest BCUT2D eigenvalue weighted by Crippen LogP contribution is 1.85. The average Bonchev–Trinajstić information content (AvgIpc) is 2.32. The van der Waals surface area contributed by atoms with E-state index in [0.717, 1.165) is 13.1 Å². The van der Waals surface area contributed by atoms with E-state index in [1.165, 1.54) is 19.6 Å². The Hall–Kier alpha value is -0.660. The van der Waals surface area contributed by atoms with Gasteiger partial charge in [0, 0.05) is 13.1 Å². The van der Waals surface area contributed by atoms with Crippen LogP contribution in [0, 0.1) is 0 Å². The first-order chi connectivity index (χ1) is 8.80. The van der Waals surface area contributed by atoms with Crippen LogP contribution in [-0.4, -0.2) is 63.1 Å². The number of aliphatic hydroxyl groups is 2. The van der Waals surface area contributed by atoms with Crippen LogP contribution in [0.4, 0.5) is 0 Å². The second kappa shape index (κ2) is 17.3. The number of nitrogens with zero attached hydrogens (tertiary/aromatic N) is 2. The van der Waals surface area contributed by atoms with Gasteiger partial charge >= 0.3 is 0 Å². The summed E-state index contributed by atoms with van der Waals surface area (Å²) in [4.78, 5) is 4.08. The van der Waals surface area contributed by atoms with E-state index in [9.17, 15) is 0 Å². The van der Waals surface area contributed by atoms with Crippen molar-refractivity contribution in [3.8, 4) is 0 Å². The van der Waals surface area contributed by atoms with Crippen molar-refractivity contribution in [3.63, 3.8) is 0 Å². The lowest BCUT2D eigenvalue weighted by molar-refractivity contribution is 0.321. The topological polar surface area (TPSA) is 73.0 Å². The second-order valence-corrected chi connectivity index (χ2v) is 4.20. The molecule has 0 aliphatic carbocycles. The molecule has 0 bridgehead atoms. The third-order valence-electron chi connectivity index (χ3n) is 2.38. The van der Waals surface area contributed by atoms with Crippen LogP contribution < -0.4 is 5.73 Å².